The monoisotopic (exact) mass is 443 g/mol. The van der Waals surface area contributed by atoms with Gasteiger partial charge in [0.15, 0.2) is 0 Å². The zero-order valence-corrected chi connectivity index (χ0v) is 19.9. The molecule has 2 atom stereocenters. The molecule has 0 N–H and O–H groups in total. The average Bonchev–Trinajstić information content (AvgIpc) is 2.76. The van der Waals surface area contributed by atoms with Crippen LogP contribution in [0.4, 0.5) is 0 Å². The molecule has 0 spiro atoms. The van der Waals surface area contributed by atoms with Gasteiger partial charge in [-0.15, -0.1) is 0 Å². The zero-order chi connectivity index (χ0) is 16.5. The molecule has 0 fully saturated rings. The van der Waals surface area contributed by atoms with Crippen LogP contribution in [0.2, 0.25) is 0 Å². The maximum absolute atomic E-state index is 2.50. The molecule has 24 heavy (non-hydrogen) atoms. The second-order valence-electron chi connectivity index (χ2n) is 8.31. The van der Waals surface area contributed by atoms with Crippen molar-refractivity contribution < 1.29 is 49.5 Å². The third-order valence-corrected chi connectivity index (χ3v) is 7.00. The molecule has 1 aromatic carbocycles. The Hall–Kier alpha value is 0.423. The number of hydrogen-bond donors (Lipinski definition) is 0. The van der Waals surface area contributed by atoms with Crippen LogP contribution in [-0.4, -0.2) is 0 Å². The predicted octanol–water partition coefficient (Wildman–Crippen LogP) is 0.340. The van der Waals surface area contributed by atoms with Crippen LogP contribution >= 0.6 is 0 Å². The predicted molar refractivity (Wildman–Crippen MR) is 93.6 cm³/mol. The largest absolute Gasteiger partial charge is 1.00 e. The first-order valence-corrected chi connectivity index (χ1v) is 10.2. The van der Waals surface area contributed by atoms with Gasteiger partial charge in [0.25, 0.3) is 0 Å². The van der Waals surface area contributed by atoms with Crippen LogP contribution in [-0.2, 0) is 31.1 Å². The molecule has 0 radical (unpaired) electrons. The van der Waals surface area contributed by atoms with Crippen molar-refractivity contribution in [2.45, 2.75) is 64.4 Å². The van der Waals surface area contributed by atoms with Gasteiger partial charge in [-0.05, 0) is 0 Å². The minimum absolute atomic E-state index is 0. The summed E-state index contributed by atoms with van der Waals surface area (Å²) < 4.78 is 0.690. The van der Waals surface area contributed by atoms with Crippen molar-refractivity contribution in [2.75, 3.05) is 0 Å². The number of benzene rings is 1. The fourth-order valence-corrected chi connectivity index (χ4v) is 4.88. The molecule has 0 saturated carbocycles. The molecule has 0 aliphatic heterocycles. The van der Waals surface area contributed by atoms with E-state index < -0.39 is 0 Å². The smallest absolute Gasteiger partial charge is 1.00 e. The number of rotatable bonds is 5. The number of allylic oxidation sites excluding steroid dienone is 1. The van der Waals surface area contributed by atoms with Gasteiger partial charge in [-0.25, -0.2) is 0 Å². The molecule has 1 aromatic rings. The summed E-state index contributed by atoms with van der Waals surface area (Å²) in [6, 6.07) is 6.97. The van der Waals surface area contributed by atoms with Gasteiger partial charge in [-0.1, -0.05) is 0 Å². The molecule has 1 aliphatic carbocycles. The Morgan fingerprint density at radius 3 is 2.25 bits per heavy atom. The molecule has 0 bridgehead atoms. The van der Waals surface area contributed by atoms with E-state index in [9.17, 15) is 0 Å². The minimum Gasteiger partial charge on any atom is -1.00 e. The van der Waals surface area contributed by atoms with E-state index in [0.717, 1.165) is 5.92 Å². The second-order valence-corrected chi connectivity index (χ2v) is 9.73. The Bertz CT molecular complexity index is 555. The van der Waals surface area contributed by atoms with Crippen molar-refractivity contribution in [2.24, 2.45) is 17.3 Å². The summed E-state index contributed by atoms with van der Waals surface area (Å²) >= 11 is 1.63. The summed E-state index contributed by atoms with van der Waals surface area (Å²) in [6.45, 7) is 14.2. The van der Waals surface area contributed by atoms with Gasteiger partial charge in [0.1, 0.15) is 0 Å². The molecule has 2 unspecified atom stereocenters. The van der Waals surface area contributed by atoms with Gasteiger partial charge in [0.2, 0.25) is 0 Å². The van der Waals surface area contributed by atoms with E-state index in [1.807, 2.05) is 0 Å². The third-order valence-electron chi connectivity index (χ3n) is 5.41. The molecule has 2 rings (SSSR count). The van der Waals surface area contributed by atoms with Gasteiger partial charge in [-0.2, -0.15) is 0 Å². The zero-order valence-electron chi connectivity index (χ0n) is 15.9. The molecule has 1 aliphatic rings. The first kappa shape index (κ1) is 24.4. The Labute approximate surface area is 176 Å². The van der Waals surface area contributed by atoms with Crippen molar-refractivity contribution in [3.8, 4) is 0 Å². The van der Waals surface area contributed by atoms with E-state index >= 15 is 0 Å². The molecular formula is C21H31Cl2Zr. The maximum atomic E-state index is 2.50. The standard InChI is InChI=1S/C21H31.2ClH.Zr/c1-15(2)19-13-18-12-8-11-17(20(18)14-19)10-7-9-16(3)21(4,5)6;;;/h8,11-16H,7,9-10H2,1-6H3;2*1H;/q;;;+2/p-2. The molecule has 0 saturated heterocycles. The Morgan fingerprint density at radius 2 is 1.71 bits per heavy atom. The van der Waals surface area contributed by atoms with E-state index in [1.54, 1.807) is 47.0 Å². The molecule has 0 nitrogen and oxygen atoms in total. The first-order valence-electron chi connectivity index (χ1n) is 8.76. The van der Waals surface area contributed by atoms with Crippen molar-refractivity contribution >= 4 is 6.08 Å². The van der Waals surface area contributed by atoms with Gasteiger partial charge >= 0.3 is 153 Å². The van der Waals surface area contributed by atoms with Crippen LogP contribution < -0.4 is 24.8 Å². The van der Waals surface area contributed by atoms with Crippen LogP contribution in [0.15, 0.2) is 23.8 Å². The molecule has 3 heteroatoms. The van der Waals surface area contributed by atoms with Gasteiger partial charge in [-0.3, -0.25) is 0 Å². The Kier molecular flexibility index (Phi) is 10.1. The van der Waals surface area contributed by atoms with Crippen LogP contribution in [0.25, 0.3) is 6.08 Å². The fourth-order valence-electron chi connectivity index (χ4n) is 3.24. The summed E-state index contributed by atoms with van der Waals surface area (Å²) in [5.74, 6) is 1.46. The quantitative estimate of drug-likeness (QED) is 0.613. The normalized spacial score (nSPS) is 17.7. The average molecular weight is 446 g/mol. The summed E-state index contributed by atoms with van der Waals surface area (Å²) in [5.41, 5.74) is 6.78. The van der Waals surface area contributed by atoms with E-state index in [0.29, 0.717) is 15.0 Å². The van der Waals surface area contributed by atoms with Crippen molar-refractivity contribution in [3.63, 3.8) is 0 Å². The Morgan fingerprint density at radius 1 is 1.08 bits per heavy atom. The summed E-state index contributed by atoms with van der Waals surface area (Å²) in [4.78, 5) is 0. The summed E-state index contributed by atoms with van der Waals surface area (Å²) in [5, 5.41) is 0. The molecule has 0 aromatic heterocycles. The van der Waals surface area contributed by atoms with E-state index in [4.69, 9.17) is 0 Å². The molecule has 0 amide bonds. The Balaban J connectivity index is 0.00000264. The first-order chi connectivity index (χ1) is 10.2. The van der Waals surface area contributed by atoms with Crippen molar-refractivity contribution in [1.82, 2.24) is 0 Å². The van der Waals surface area contributed by atoms with E-state index in [1.165, 1.54) is 19.3 Å². The summed E-state index contributed by atoms with van der Waals surface area (Å²) in [6.07, 6.45) is 6.37. The fraction of sp³-hybridized carbons (Fsp3) is 0.619. The van der Waals surface area contributed by atoms with Crippen LogP contribution in [0.3, 0.4) is 0 Å². The molecule has 133 valence electrons. The molecular weight excluding hydrogens is 414 g/mol. The number of aryl methyl sites for hydroxylation is 1. The number of hydrogen-bond acceptors (Lipinski definition) is 0. The van der Waals surface area contributed by atoms with Crippen LogP contribution in [0.5, 0.6) is 0 Å². The number of fused-ring (bicyclic) bond motifs is 1. The SMILES string of the molecule is CC(C)C1=Cc2c(CCCC(C)C(C)(C)C)cccc2[CH]1[Zr+2].[Cl-].[Cl-]. The second kappa shape index (κ2) is 9.94. The van der Waals surface area contributed by atoms with E-state index in [-0.39, 0.29) is 24.8 Å². The van der Waals surface area contributed by atoms with Gasteiger partial charge < -0.3 is 24.8 Å². The third kappa shape index (κ3) is 5.72. The maximum Gasteiger partial charge on any atom is -1.00 e. The number of halogens is 2. The van der Waals surface area contributed by atoms with Crippen molar-refractivity contribution in [3.05, 3.63) is 40.5 Å². The molecule has 0 heterocycles. The van der Waals surface area contributed by atoms with E-state index in [2.05, 4.69) is 65.8 Å². The van der Waals surface area contributed by atoms with Gasteiger partial charge in [0.05, 0.1) is 0 Å². The van der Waals surface area contributed by atoms with Crippen molar-refractivity contribution in [1.29, 1.82) is 0 Å². The van der Waals surface area contributed by atoms with Crippen LogP contribution in [0.1, 0.15) is 74.7 Å². The van der Waals surface area contributed by atoms with Gasteiger partial charge in [0, 0.05) is 0 Å². The topological polar surface area (TPSA) is 0 Å². The van der Waals surface area contributed by atoms with Crippen LogP contribution in [0, 0.1) is 17.3 Å². The summed E-state index contributed by atoms with van der Waals surface area (Å²) in [7, 11) is 0. The minimum atomic E-state index is 0.